The Labute approximate surface area is 312 Å². The third-order valence-electron chi connectivity index (χ3n) is 7.42. The molecule has 10 nitrogen and oxygen atoms in total. The standard InChI is InChI=1S/C21H21BrF3N5O.C10H9BrF3IN4/c1-12-9-13(3-6-15(12)20(31)28-14-4-5-14)17-11-27-19-16(10-18(22)29-30(17)19)26-8-2-7-21(23,24)25;11-7-4-6(16-3-1-2-10(12,13)14)9-17-5-8(15)19(9)18-7/h3,6,9-11,14,26H,2,4-5,7-8H2,1H3,(H,28,31);4-5,16H,1-3H2. The number of hydrogen-bond donors (Lipinski definition) is 3. The van der Waals surface area contributed by atoms with Crippen LogP contribution in [-0.4, -0.2) is 66.6 Å². The van der Waals surface area contributed by atoms with Crippen molar-refractivity contribution in [2.45, 2.75) is 63.8 Å². The van der Waals surface area contributed by atoms with E-state index in [4.69, 9.17) is 0 Å². The van der Waals surface area contributed by atoms with Gasteiger partial charge in [-0.25, -0.2) is 19.0 Å². The number of nitrogens with one attached hydrogen (secondary N) is 3. The molecule has 4 heterocycles. The van der Waals surface area contributed by atoms with E-state index < -0.39 is 25.2 Å². The zero-order valence-electron chi connectivity index (χ0n) is 26.3. The summed E-state index contributed by atoms with van der Waals surface area (Å²) in [4.78, 5) is 21.0. The number of fused-ring (bicyclic) bond motifs is 2. The Bertz CT molecular complexity index is 1980. The minimum atomic E-state index is -4.17. The van der Waals surface area contributed by atoms with Gasteiger partial charge in [-0.05, 0) is 117 Å². The summed E-state index contributed by atoms with van der Waals surface area (Å²) in [5.41, 5.74) is 5.38. The van der Waals surface area contributed by atoms with Gasteiger partial charge in [-0.15, -0.1) is 0 Å². The number of amides is 1. The number of anilines is 2. The third kappa shape index (κ3) is 10.4. The average Bonchev–Trinajstić information content (AvgIpc) is 3.62. The third-order valence-corrected chi connectivity index (χ3v) is 8.93. The molecule has 1 amide bonds. The van der Waals surface area contributed by atoms with Gasteiger partial charge in [-0.3, -0.25) is 4.79 Å². The monoisotopic (exact) mass is 943 g/mol. The highest BCUT2D eigenvalue weighted by Gasteiger charge is 2.27. The summed E-state index contributed by atoms with van der Waals surface area (Å²) < 4.78 is 78.5. The first kappa shape index (κ1) is 38.0. The molecule has 1 saturated carbocycles. The second-order valence-electron chi connectivity index (χ2n) is 11.5. The lowest BCUT2D eigenvalue weighted by Crippen LogP contribution is -2.26. The Morgan fingerprint density at radius 2 is 1.40 bits per heavy atom. The molecule has 1 fully saturated rings. The van der Waals surface area contributed by atoms with Gasteiger partial charge in [0.15, 0.2) is 11.3 Å². The SMILES string of the molecule is Cc1cc(-c2cnc3c(NCCCC(F)(F)F)cc(Br)nn23)ccc1C(=O)NC1CC1.FC(F)(F)CCCNc1cc(Br)nn2c(I)cnc12. The van der Waals surface area contributed by atoms with Gasteiger partial charge in [-0.2, -0.15) is 36.5 Å². The maximum Gasteiger partial charge on any atom is 0.389 e. The predicted molar refractivity (Wildman–Crippen MR) is 192 cm³/mol. The molecular formula is C31H30Br2F6IN9O. The fraction of sp³-hybridized carbons (Fsp3) is 0.387. The molecule has 3 N–H and O–H groups in total. The van der Waals surface area contributed by atoms with Crippen molar-refractivity contribution in [2.24, 2.45) is 0 Å². The number of carbonyl (C=O) groups excluding carboxylic acids is 1. The maximum absolute atomic E-state index is 12.4. The van der Waals surface area contributed by atoms with Gasteiger partial charge in [0, 0.05) is 43.1 Å². The second kappa shape index (κ2) is 16.0. The largest absolute Gasteiger partial charge is 0.389 e. The van der Waals surface area contributed by atoms with Crippen LogP contribution in [0.15, 0.2) is 51.9 Å². The molecule has 1 aromatic carbocycles. The minimum Gasteiger partial charge on any atom is -0.382 e. The Morgan fingerprint density at radius 3 is 1.94 bits per heavy atom. The molecule has 1 aliphatic carbocycles. The quantitative estimate of drug-likeness (QED) is 0.0689. The Hall–Kier alpha value is -3.20. The first-order valence-electron chi connectivity index (χ1n) is 15.3. The Balaban J connectivity index is 0.000000219. The van der Waals surface area contributed by atoms with Crippen molar-refractivity contribution in [3.8, 4) is 11.3 Å². The van der Waals surface area contributed by atoms with Crippen molar-refractivity contribution in [1.29, 1.82) is 0 Å². The van der Waals surface area contributed by atoms with Crippen LogP contribution in [0.4, 0.5) is 37.7 Å². The topological polar surface area (TPSA) is 114 Å². The van der Waals surface area contributed by atoms with E-state index in [-0.39, 0.29) is 37.9 Å². The molecule has 5 aromatic rings. The molecule has 4 aromatic heterocycles. The average molecular weight is 945 g/mol. The number of carbonyl (C=O) groups is 1. The number of alkyl halides is 6. The summed E-state index contributed by atoms with van der Waals surface area (Å²) in [6, 6.07) is 9.22. The van der Waals surface area contributed by atoms with Gasteiger partial charge >= 0.3 is 12.4 Å². The number of nitrogens with zero attached hydrogens (tertiary/aromatic N) is 6. The van der Waals surface area contributed by atoms with Crippen LogP contribution in [0.5, 0.6) is 0 Å². The summed E-state index contributed by atoms with van der Waals surface area (Å²) >= 11 is 8.70. The molecule has 0 aliphatic heterocycles. The zero-order valence-corrected chi connectivity index (χ0v) is 31.6. The number of aromatic nitrogens is 6. The summed E-state index contributed by atoms with van der Waals surface area (Å²) in [6.45, 7) is 2.28. The van der Waals surface area contributed by atoms with E-state index in [1.807, 2.05) is 19.1 Å². The van der Waals surface area contributed by atoms with Crippen LogP contribution in [0.2, 0.25) is 0 Å². The van der Waals surface area contributed by atoms with E-state index in [1.165, 1.54) is 0 Å². The van der Waals surface area contributed by atoms with Crippen molar-refractivity contribution in [3.63, 3.8) is 0 Å². The fourth-order valence-electron chi connectivity index (χ4n) is 4.90. The Kier molecular flexibility index (Phi) is 12.2. The fourth-order valence-corrected chi connectivity index (χ4v) is 6.15. The molecule has 6 rings (SSSR count). The zero-order chi connectivity index (χ0) is 36.2. The van der Waals surface area contributed by atoms with E-state index in [9.17, 15) is 31.1 Å². The molecule has 0 radical (unpaired) electrons. The number of halogens is 9. The van der Waals surface area contributed by atoms with Gasteiger partial charge in [0.1, 0.15) is 12.9 Å². The maximum atomic E-state index is 12.4. The van der Waals surface area contributed by atoms with E-state index in [0.29, 0.717) is 43.1 Å². The molecule has 19 heteroatoms. The van der Waals surface area contributed by atoms with Crippen molar-refractivity contribution in [3.05, 3.63) is 66.8 Å². The molecular weight excluding hydrogens is 915 g/mol. The molecule has 0 spiro atoms. The van der Waals surface area contributed by atoms with Gasteiger partial charge < -0.3 is 16.0 Å². The minimum absolute atomic E-state index is 0.0212. The number of benzene rings is 1. The molecule has 0 unspecified atom stereocenters. The lowest BCUT2D eigenvalue weighted by atomic mass is 10.0. The van der Waals surface area contributed by atoms with Crippen LogP contribution in [0.25, 0.3) is 22.6 Å². The number of aryl methyl sites for hydroxylation is 1. The number of imidazole rings is 2. The van der Waals surface area contributed by atoms with E-state index in [1.54, 1.807) is 39.6 Å². The van der Waals surface area contributed by atoms with Crippen molar-refractivity contribution in [2.75, 3.05) is 23.7 Å². The predicted octanol–water partition coefficient (Wildman–Crippen LogP) is 8.96. The number of hydrogen-bond acceptors (Lipinski definition) is 7. The summed E-state index contributed by atoms with van der Waals surface area (Å²) in [5, 5.41) is 17.6. The smallest absolute Gasteiger partial charge is 0.382 e. The molecule has 1 aliphatic rings. The summed E-state index contributed by atoms with van der Waals surface area (Å²) in [6.07, 6.45) is -4.58. The highest BCUT2D eigenvalue weighted by molar-refractivity contribution is 14.1. The molecule has 268 valence electrons. The summed E-state index contributed by atoms with van der Waals surface area (Å²) in [7, 11) is 0. The van der Waals surface area contributed by atoms with Crippen LogP contribution in [-0.2, 0) is 0 Å². The van der Waals surface area contributed by atoms with Crippen molar-refractivity contribution in [1.82, 2.24) is 34.5 Å². The lowest BCUT2D eigenvalue weighted by Gasteiger charge is -2.11. The summed E-state index contributed by atoms with van der Waals surface area (Å²) in [5.74, 6) is -0.0732. The van der Waals surface area contributed by atoms with Crippen molar-refractivity contribution >= 4 is 83.0 Å². The second-order valence-corrected chi connectivity index (χ2v) is 14.3. The van der Waals surface area contributed by atoms with Crippen LogP contribution in [0.3, 0.4) is 0 Å². The van der Waals surface area contributed by atoms with Crippen molar-refractivity contribution < 1.29 is 31.1 Å². The van der Waals surface area contributed by atoms with Gasteiger partial charge in [0.2, 0.25) is 0 Å². The van der Waals surface area contributed by atoms with Gasteiger partial charge in [-0.1, -0.05) is 6.07 Å². The van der Waals surface area contributed by atoms with Crippen LogP contribution >= 0.6 is 54.5 Å². The van der Waals surface area contributed by atoms with Gasteiger partial charge in [0.05, 0.1) is 29.5 Å². The first-order valence-corrected chi connectivity index (χ1v) is 18.0. The van der Waals surface area contributed by atoms with E-state index in [0.717, 1.165) is 27.7 Å². The highest BCUT2D eigenvalue weighted by Crippen LogP contribution is 2.29. The van der Waals surface area contributed by atoms with Gasteiger partial charge in [0.25, 0.3) is 5.91 Å². The van der Waals surface area contributed by atoms with E-state index in [2.05, 4.69) is 90.6 Å². The number of rotatable bonds is 11. The van der Waals surface area contributed by atoms with Crippen LogP contribution in [0.1, 0.15) is 54.4 Å². The molecule has 0 atom stereocenters. The molecule has 0 saturated heterocycles. The normalized spacial score (nSPS) is 13.3. The van der Waals surface area contributed by atoms with Crippen LogP contribution < -0.4 is 16.0 Å². The van der Waals surface area contributed by atoms with Crippen LogP contribution in [0, 0.1) is 10.6 Å². The first-order chi connectivity index (χ1) is 23.6. The molecule has 0 bridgehead atoms. The lowest BCUT2D eigenvalue weighted by molar-refractivity contribution is -0.135. The Morgan fingerprint density at radius 1 is 0.860 bits per heavy atom. The highest BCUT2D eigenvalue weighted by atomic mass is 127. The van der Waals surface area contributed by atoms with E-state index >= 15 is 0 Å². The molecule has 50 heavy (non-hydrogen) atoms.